The normalized spacial score (nSPS) is 17.1. The SMILES string of the molecule is CCCNC(C1=CCCCO1)c1ccc(CC)o1. The summed E-state index contributed by atoms with van der Waals surface area (Å²) in [6, 6.07) is 4.19. The van der Waals surface area contributed by atoms with Crippen LogP contribution in [0.25, 0.3) is 0 Å². The molecule has 1 atom stereocenters. The Kier molecular flexibility index (Phi) is 4.88. The molecule has 2 heterocycles. The Labute approximate surface area is 109 Å². The summed E-state index contributed by atoms with van der Waals surface area (Å²) < 4.78 is 11.6. The monoisotopic (exact) mass is 249 g/mol. The second-order valence-electron chi connectivity index (χ2n) is 4.64. The first kappa shape index (κ1) is 13.2. The van der Waals surface area contributed by atoms with Gasteiger partial charge in [-0.15, -0.1) is 0 Å². The third-order valence-electron chi connectivity index (χ3n) is 3.16. The van der Waals surface area contributed by atoms with E-state index in [1.165, 1.54) is 0 Å². The molecule has 0 aliphatic carbocycles. The van der Waals surface area contributed by atoms with E-state index in [-0.39, 0.29) is 6.04 Å². The van der Waals surface area contributed by atoms with E-state index in [1.807, 2.05) is 0 Å². The van der Waals surface area contributed by atoms with Crippen LogP contribution in [0.15, 0.2) is 28.4 Å². The lowest BCUT2D eigenvalue weighted by Crippen LogP contribution is -2.25. The molecule has 1 unspecified atom stereocenters. The lowest BCUT2D eigenvalue weighted by Gasteiger charge is -2.23. The minimum atomic E-state index is 0.0746. The highest BCUT2D eigenvalue weighted by atomic mass is 16.5. The van der Waals surface area contributed by atoms with Gasteiger partial charge in [-0.05, 0) is 44.0 Å². The predicted octanol–water partition coefficient (Wildman–Crippen LogP) is 3.58. The summed E-state index contributed by atoms with van der Waals surface area (Å²) >= 11 is 0. The van der Waals surface area contributed by atoms with Crippen LogP contribution >= 0.6 is 0 Å². The number of nitrogens with one attached hydrogen (secondary N) is 1. The van der Waals surface area contributed by atoms with E-state index < -0.39 is 0 Å². The number of ether oxygens (including phenoxy) is 1. The Bertz CT molecular complexity index is 395. The molecular formula is C15H23NO2. The Balaban J connectivity index is 2.15. The van der Waals surface area contributed by atoms with Crippen LogP contribution in [0.3, 0.4) is 0 Å². The first-order valence-corrected chi connectivity index (χ1v) is 7.00. The van der Waals surface area contributed by atoms with Gasteiger partial charge in [-0.3, -0.25) is 0 Å². The van der Waals surface area contributed by atoms with Crippen LogP contribution in [0, 0.1) is 0 Å². The molecular weight excluding hydrogens is 226 g/mol. The first-order valence-electron chi connectivity index (χ1n) is 7.00. The van der Waals surface area contributed by atoms with E-state index >= 15 is 0 Å². The van der Waals surface area contributed by atoms with E-state index in [0.29, 0.717) is 0 Å². The standard InChI is InChI=1S/C15H23NO2/c1-3-10-16-15(13-7-5-6-11-17-13)14-9-8-12(4-2)18-14/h7-9,15-16H,3-6,10-11H2,1-2H3. The van der Waals surface area contributed by atoms with Crippen LogP contribution in [0.2, 0.25) is 0 Å². The highest BCUT2D eigenvalue weighted by molar-refractivity contribution is 5.20. The molecule has 0 spiro atoms. The zero-order chi connectivity index (χ0) is 12.8. The molecule has 0 fully saturated rings. The molecule has 1 N–H and O–H groups in total. The summed E-state index contributed by atoms with van der Waals surface area (Å²) in [7, 11) is 0. The third-order valence-corrected chi connectivity index (χ3v) is 3.16. The van der Waals surface area contributed by atoms with Crippen molar-refractivity contribution in [2.75, 3.05) is 13.2 Å². The fourth-order valence-electron chi connectivity index (χ4n) is 2.15. The molecule has 100 valence electrons. The van der Waals surface area contributed by atoms with E-state index in [4.69, 9.17) is 9.15 Å². The van der Waals surface area contributed by atoms with Crippen molar-refractivity contribution in [1.29, 1.82) is 0 Å². The highest BCUT2D eigenvalue weighted by Gasteiger charge is 2.22. The summed E-state index contributed by atoms with van der Waals surface area (Å²) in [5.41, 5.74) is 0. The lowest BCUT2D eigenvalue weighted by atomic mass is 10.1. The third kappa shape index (κ3) is 3.16. The maximum absolute atomic E-state index is 5.86. The van der Waals surface area contributed by atoms with Gasteiger partial charge >= 0.3 is 0 Å². The van der Waals surface area contributed by atoms with Gasteiger partial charge < -0.3 is 14.5 Å². The molecule has 1 aromatic heterocycles. The predicted molar refractivity (Wildman–Crippen MR) is 72.4 cm³/mol. The molecule has 3 nitrogen and oxygen atoms in total. The summed E-state index contributed by atoms with van der Waals surface area (Å²) in [5.74, 6) is 3.02. The molecule has 0 aromatic carbocycles. The molecule has 0 bridgehead atoms. The first-order chi connectivity index (χ1) is 8.85. The Morgan fingerprint density at radius 3 is 2.83 bits per heavy atom. The quantitative estimate of drug-likeness (QED) is 0.836. The zero-order valence-electron chi connectivity index (χ0n) is 11.4. The largest absolute Gasteiger partial charge is 0.496 e. The van der Waals surface area contributed by atoms with Crippen LogP contribution in [0.5, 0.6) is 0 Å². The number of rotatable bonds is 6. The molecule has 0 amide bonds. The average Bonchev–Trinajstić information content (AvgIpc) is 2.89. The fourth-order valence-corrected chi connectivity index (χ4v) is 2.15. The van der Waals surface area contributed by atoms with Crippen molar-refractivity contribution in [2.24, 2.45) is 0 Å². The van der Waals surface area contributed by atoms with Crippen molar-refractivity contribution in [3.8, 4) is 0 Å². The molecule has 0 saturated heterocycles. The molecule has 1 aliphatic rings. The Morgan fingerprint density at radius 2 is 2.22 bits per heavy atom. The van der Waals surface area contributed by atoms with Gasteiger partial charge in [-0.2, -0.15) is 0 Å². The average molecular weight is 249 g/mol. The van der Waals surface area contributed by atoms with E-state index in [9.17, 15) is 0 Å². The summed E-state index contributed by atoms with van der Waals surface area (Å²) in [4.78, 5) is 0. The lowest BCUT2D eigenvalue weighted by molar-refractivity contribution is 0.161. The van der Waals surface area contributed by atoms with Crippen molar-refractivity contribution >= 4 is 0 Å². The Hall–Kier alpha value is -1.22. The number of furan rings is 1. The topological polar surface area (TPSA) is 34.4 Å². The van der Waals surface area contributed by atoms with Gasteiger partial charge in [0.1, 0.15) is 23.3 Å². The molecule has 1 aromatic rings. The van der Waals surface area contributed by atoms with Crippen molar-refractivity contribution in [2.45, 2.75) is 45.6 Å². The molecule has 0 saturated carbocycles. The number of allylic oxidation sites excluding steroid dienone is 1. The van der Waals surface area contributed by atoms with Crippen LogP contribution in [0.1, 0.15) is 50.7 Å². The van der Waals surface area contributed by atoms with Gasteiger partial charge in [0.15, 0.2) is 0 Å². The molecule has 18 heavy (non-hydrogen) atoms. The van der Waals surface area contributed by atoms with Crippen molar-refractivity contribution in [3.63, 3.8) is 0 Å². The van der Waals surface area contributed by atoms with Crippen LogP contribution < -0.4 is 5.32 Å². The van der Waals surface area contributed by atoms with Crippen LogP contribution in [-0.4, -0.2) is 13.2 Å². The van der Waals surface area contributed by atoms with Crippen molar-refractivity contribution in [1.82, 2.24) is 5.32 Å². The van der Waals surface area contributed by atoms with Crippen LogP contribution in [0.4, 0.5) is 0 Å². The van der Waals surface area contributed by atoms with Gasteiger partial charge in [0, 0.05) is 6.42 Å². The van der Waals surface area contributed by atoms with Crippen molar-refractivity contribution < 1.29 is 9.15 Å². The molecule has 3 heteroatoms. The van der Waals surface area contributed by atoms with Gasteiger partial charge in [-0.25, -0.2) is 0 Å². The number of hydrogen-bond acceptors (Lipinski definition) is 3. The minimum Gasteiger partial charge on any atom is -0.496 e. The molecule has 0 radical (unpaired) electrons. The molecule has 2 rings (SSSR count). The highest BCUT2D eigenvalue weighted by Crippen LogP contribution is 2.27. The Morgan fingerprint density at radius 1 is 1.33 bits per heavy atom. The van der Waals surface area contributed by atoms with Crippen LogP contribution in [-0.2, 0) is 11.2 Å². The summed E-state index contributed by atoms with van der Waals surface area (Å²) in [6.07, 6.45) is 6.43. The smallest absolute Gasteiger partial charge is 0.128 e. The molecule has 1 aliphatic heterocycles. The fraction of sp³-hybridized carbons (Fsp3) is 0.600. The van der Waals surface area contributed by atoms with Gasteiger partial charge in [-0.1, -0.05) is 13.8 Å². The van der Waals surface area contributed by atoms with E-state index in [2.05, 4.69) is 37.4 Å². The van der Waals surface area contributed by atoms with E-state index in [0.717, 1.165) is 56.1 Å². The maximum atomic E-state index is 5.86. The minimum absolute atomic E-state index is 0.0746. The maximum Gasteiger partial charge on any atom is 0.128 e. The zero-order valence-corrected chi connectivity index (χ0v) is 11.4. The second kappa shape index (κ2) is 6.64. The second-order valence-corrected chi connectivity index (χ2v) is 4.64. The summed E-state index contributed by atoms with van der Waals surface area (Å²) in [6.45, 7) is 6.05. The van der Waals surface area contributed by atoms with Gasteiger partial charge in [0.25, 0.3) is 0 Å². The van der Waals surface area contributed by atoms with Crippen molar-refractivity contribution in [3.05, 3.63) is 35.5 Å². The number of hydrogen-bond donors (Lipinski definition) is 1. The summed E-state index contributed by atoms with van der Waals surface area (Å²) in [5, 5.41) is 3.51. The van der Waals surface area contributed by atoms with Gasteiger partial charge in [0.2, 0.25) is 0 Å². The van der Waals surface area contributed by atoms with E-state index in [1.54, 1.807) is 0 Å². The van der Waals surface area contributed by atoms with Gasteiger partial charge in [0.05, 0.1) is 6.61 Å². The number of aryl methyl sites for hydroxylation is 1.